The van der Waals surface area contributed by atoms with Crippen molar-refractivity contribution < 1.29 is 53.0 Å². The highest BCUT2D eigenvalue weighted by Crippen LogP contribution is 2.62. The van der Waals surface area contributed by atoms with E-state index in [2.05, 4.69) is 36.9 Å². The second kappa shape index (κ2) is 21.8. The van der Waals surface area contributed by atoms with Gasteiger partial charge in [-0.1, -0.05) is 66.5 Å². The maximum Gasteiger partial charge on any atom is 0.410 e. The third-order valence-corrected chi connectivity index (χ3v) is 13.9. The molecule has 13 nitrogen and oxygen atoms in total. The van der Waals surface area contributed by atoms with Crippen LogP contribution in [0.1, 0.15) is 81.3 Å². The molecule has 3 aliphatic heterocycles. The predicted molar refractivity (Wildman–Crippen MR) is 254 cm³/mol. The summed E-state index contributed by atoms with van der Waals surface area (Å²) in [6.07, 6.45) is 10.2. The first kappa shape index (κ1) is 46.8. The number of allylic oxidation sites excluding steroid dienone is 1. The lowest BCUT2D eigenvalue weighted by Crippen LogP contribution is -2.70. The third-order valence-electron chi connectivity index (χ3n) is 13.7. The SMILES string of the molecule is C=CCOC12Oc3ccc(Oc4ccc5ccccc5c4)cc3C3C(CCCCO)C(CCCCO)C=C(C(=NOC4CCCCO4)CC1N(Cc1ccc4c(c1)OCO4)C(=O)OCCCl)C32. The summed E-state index contributed by atoms with van der Waals surface area (Å²) in [6, 6.07) is 25.0. The Labute approximate surface area is 397 Å². The van der Waals surface area contributed by atoms with Crippen LogP contribution in [0.5, 0.6) is 28.7 Å². The number of alkyl halides is 1. The van der Waals surface area contributed by atoms with E-state index in [1.807, 2.05) is 54.6 Å². The van der Waals surface area contributed by atoms with Crippen molar-refractivity contribution >= 4 is 34.2 Å². The van der Waals surface area contributed by atoms with Crippen LogP contribution in [0.4, 0.5) is 4.79 Å². The van der Waals surface area contributed by atoms with Crippen LogP contribution in [-0.2, 0) is 25.6 Å². The lowest BCUT2D eigenvalue weighted by atomic mass is 9.55. The van der Waals surface area contributed by atoms with Crippen molar-refractivity contribution in [3.05, 3.63) is 114 Å². The monoisotopic (exact) mass is 936 g/mol. The quantitative estimate of drug-likeness (QED) is 0.0378. The van der Waals surface area contributed by atoms with Crippen molar-refractivity contribution in [1.29, 1.82) is 0 Å². The second-order valence-corrected chi connectivity index (χ2v) is 18.3. The molecule has 67 heavy (non-hydrogen) atoms. The maximum atomic E-state index is 14.8. The number of rotatable bonds is 20. The van der Waals surface area contributed by atoms with Crippen LogP contribution < -0.4 is 18.9 Å². The fourth-order valence-corrected chi connectivity index (χ4v) is 10.8. The van der Waals surface area contributed by atoms with Crippen LogP contribution in [0.2, 0.25) is 0 Å². The molecule has 7 atom stereocenters. The van der Waals surface area contributed by atoms with Crippen LogP contribution in [0.3, 0.4) is 0 Å². The van der Waals surface area contributed by atoms with Crippen LogP contribution in [-0.4, -0.2) is 90.7 Å². The minimum Gasteiger partial charge on any atom is -0.459 e. The van der Waals surface area contributed by atoms with E-state index < -0.39 is 30.1 Å². The number of nitrogens with zero attached hydrogens (tertiary/aromatic N) is 2. The first-order valence-corrected chi connectivity index (χ1v) is 24.4. The van der Waals surface area contributed by atoms with Gasteiger partial charge in [-0.3, -0.25) is 4.90 Å². The Kier molecular flexibility index (Phi) is 15.2. The number of unbranched alkanes of at least 4 members (excludes halogenated alkanes) is 2. The van der Waals surface area contributed by atoms with Gasteiger partial charge in [0.15, 0.2) is 11.5 Å². The zero-order valence-electron chi connectivity index (χ0n) is 37.9. The average molecular weight is 938 g/mol. The summed E-state index contributed by atoms with van der Waals surface area (Å²) < 4.78 is 44.7. The van der Waals surface area contributed by atoms with Gasteiger partial charge in [0, 0.05) is 44.1 Å². The zero-order valence-corrected chi connectivity index (χ0v) is 38.7. The zero-order chi connectivity index (χ0) is 46.2. The van der Waals surface area contributed by atoms with Gasteiger partial charge in [0.1, 0.15) is 29.9 Å². The standard InChI is InChI=1S/C53H61ClN2O11/c1-2-25-64-53-48(56(52(59)61-27-22-54)33-35-16-20-46-47(28-35)63-34-62-46)32-44(55-67-49-15-7-10-26-60-49)42-30-38(13-5-8-23-57)41(14-6-9-24-58)50(51(42)53)43-31-40(19-21-45(43)66-53)65-39-18-17-36-11-3-4-12-37(36)29-39/h2-4,11-12,16-21,28-31,38,41,48-51,57-58H,1,5-10,13-15,22-27,32-34H2. The van der Waals surface area contributed by atoms with Gasteiger partial charge in [-0.15, -0.1) is 18.2 Å². The molecule has 3 heterocycles. The molecule has 0 spiro atoms. The van der Waals surface area contributed by atoms with Crippen molar-refractivity contribution in [2.24, 2.45) is 22.9 Å². The first-order valence-electron chi connectivity index (χ1n) is 23.8. The average Bonchev–Trinajstić information content (AvgIpc) is 3.83. The fourth-order valence-electron chi connectivity index (χ4n) is 10.7. The largest absolute Gasteiger partial charge is 0.459 e. The number of ether oxygens (including phenoxy) is 7. The van der Waals surface area contributed by atoms with Crippen molar-refractivity contribution in [2.75, 3.05) is 45.7 Å². The number of aliphatic hydroxyl groups is 2. The van der Waals surface area contributed by atoms with Crippen LogP contribution in [0, 0.1) is 17.8 Å². The fraction of sp³-hybridized carbons (Fsp3) is 0.472. The molecule has 1 amide bonds. The Balaban J connectivity index is 1.23. The molecule has 0 aromatic heterocycles. The number of hydrogen-bond acceptors (Lipinski definition) is 12. The summed E-state index contributed by atoms with van der Waals surface area (Å²) in [7, 11) is 0. The highest BCUT2D eigenvalue weighted by molar-refractivity contribution is 6.18. The van der Waals surface area contributed by atoms with E-state index in [0.717, 1.165) is 66.0 Å². The molecule has 5 aliphatic rings. The normalized spacial score (nSPS) is 25.4. The highest BCUT2D eigenvalue weighted by Gasteiger charge is 2.66. The van der Waals surface area contributed by atoms with Gasteiger partial charge in [0.05, 0.1) is 30.7 Å². The summed E-state index contributed by atoms with van der Waals surface area (Å²) in [5.41, 5.74) is 3.29. The van der Waals surface area contributed by atoms with Crippen molar-refractivity contribution in [3.8, 4) is 28.7 Å². The molecular formula is C53H61ClN2O11. The molecule has 2 aliphatic carbocycles. The number of aliphatic hydroxyl groups excluding tert-OH is 2. The molecular weight excluding hydrogens is 876 g/mol. The van der Waals surface area contributed by atoms with E-state index >= 15 is 0 Å². The molecule has 14 heteroatoms. The molecule has 2 N–H and O–H groups in total. The Morgan fingerprint density at radius 3 is 2.51 bits per heavy atom. The Hall–Kier alpha value is -5.31. The smallest absolute Gasteiger partial charge is 0.410 e. The molecule has 4 aromatic carbocycles. The molecule has 0 radical (unpaired) electrons. The van der Waals surface area contributed by atoms with E-state index in [-0.39, 0.29) is 69.8 Å². The number of fused-ring (bicyclic) bond motifs is 4. The summed E-state index contributed by atoms with van der Waals surface area (Å²) in [6.45, 7) is 5.11. The minimum absolute atomic E-state index is 0.0115. The van der Waals surface area contributed by atoms with E-state index in [1.165, 1.54) is 0 Å². The summed E-state index contributed by atoms with van der Waals surface area (Å²) in [4.78, 5) is 22.8. The summed E-state index contributed by atoms with van der Waals surface area (Å²) in [5.74, 6) is 0.988. The molecule has 1 saturated heterocycles. The molecule has 0 bridgehead atoms. The van der Waals surface area contributed by atoms with Gasteiger partial charge in [0.25, 0.3) is 0 Å². The highest BCUT2D eigenvalue weighted by atomic mass is 35.5. The number of amides is 1. The van der Waals surface area contributed by atoms with Gasteiger partial charge in [0.2, 0.25) is 18.9 Å². The van der Waals surface area contributed by atoms with E-state index in [4.69, 9.17) is 54.8 Å². The third kappa shape index (κ3) is 10.1. The van der Waals surface area contributed by atoms with Crippen molar-refractivity contribution in [1.82, 2.24) is 4.90 Å². The Bertz CT molecular complexity index is 2420. The van der Waals surface area contributed by atoms with E-state index in [0.29, 0.717) is 60.3 Å². The summed E-state index contributed by atoms with van der Waals surface area (Å²) >= 11 is 6.16. The van der Waals surface area contributed by atoms with Gasteiger partial charge in [-0.2, -0.15) is 0 Å². The first-order chi connectivity index (χ1) is 32.9. The topological polar surface area (TPSA) is 147 Å². The molecule has 2 fully saturated rings. The van der Waals surface area contributed by atoms with Gasteiger partial charge < -0.3 is 48.2 Å². The molecule has 356 valence electrons. The van der Waals surface area contributed by atoms with Crippen LogP contribution in [0.25, 0.3) is 10.8 Å². The van der Waals surface area contributed by atoms with Gasteiger partial charge in [-0.25, -0.2) is 4.79 Å². The van der Waals surface area contributed by atoms with Crippen LogP contribution >= 0.6 is 11.6 Å². The number of carbonyl (C=O) groups is 1. The number of oxime groups is 1. The maximum absolute atomic E-state index is 14.8. The van der Waals surface area contributed by atoms with Gasteiger partial charge >= 0.3 is 6.09 Å². The van der Waals surface area contributed by atoms with Crippen molar-refractivity contribution in [3.63, 3.8) is 0 Å². The second-order valence-electron chi connectivity index (χ2n) is 17.9. The minimum atomic E-state index is -1.51. The summed E-state index contributed by atoms with van der Waals surface area (Å²) in [5, 5.41) is 27.2. The molecule has 7 unspecified atom stereocenters. The number of halogens is 1. The Morgan fingerprint density at radius 1 is 0.910 bits per heavy atom. The lowest BCUT2D eigenvalue weighted by Gasteiger charge is -2.59. The molecule has 1 saturated carbocycles. The number of carbonyl (C=O) groups excluding carboxylic acids is 1. The van der Waals surface area contributed by atoms with E-state index in [1.54, 1.807) is 11.0 Å². The van der Waals surface area contributed by atoms with E-state index in [9.17, 15) is 15.0 Å². The molecule has 4 aromatic rings. The Morgan fingerprint density at radius 2 is 1.70 bits per heavy atom. The van der Waals surface area contributed by atoms with Crippen LogP contribution in [0.15, 0.2) is 108 Å². The number of hydrogen-bond donors (Lipinski definition) is 2. The van der Waals surface area contributed by atoms with Crippen molar-refractivity contribution in [2.45, 2.75) is 94.8 Å². The van der Waals surface area contributed by atoms with Gasteiger partial charge in [-0.05, 0) is 115 Å². The number of benzene rings is 4. The lowest BCUT2D eigenvalue weighted by molar-refractivity contribution is -0.256. The predicted octanol–water partition coefficient (Wildman–Crippen LogP) is 10.4. The molecule has 9 rings (SSSR count).